The Labute approximate surface area is 131 Å². The van der Waals surface area contributed by atoms with E-state index < -0.39 is 11.9 Å². The molecule has 0 bridgehead atoms. The van der Waals surface area contributed by atoms with Crippen molar-refractivity contribution in [2.45, 2.75) is 25.8 Å². The fourth-order valence-electron chi connectivity index (χ4n) is 2.12. The van der Waals surface area contributed by atoms with E-state index in [2.05, 4.69) is 11.9 Å². The normalized spacial score (nSPS) is 13.0. The van der Waals surface area contributed by atoms with Crippen molar-refractivity contribution in [2.75, 3.05) is 13.6 Å². The van der Waals surface area contributed by atoms with E-state index in [1.165, 1.54) is 4.90 Å². The molecule has 0 fully saturated rings. The first-order valence-corrected chi connectivity index (χ1v) is 7.36. The summed E-state index contributed by atoms with van der Waals surface area (Å²) in [6.07, 6.45) is 3.36. The predicted molar refractivity (Wildman–Crippen MR) is 86.6 cm³/mol. The Kier molecular flexibility index (Phi) is 7.16. The molecule has 2 amide bonds. The maximum absolute atomic E-state index is 12.2. The summed E-state index contributed by atoms with van der Waals surface area (Å²) in [4.78, 5) is 24.5. The van der Waals surface area contributed by atoms with E-state index in [-0.39, 0.29) is 18.6 Å². The SMILES string of the molecule is C=CCCC(NC(=O)N(C)CC(C)C(=O)O)c1ccccc1. The summed E-state index contributed by atoms with van der Waals surface area (Å²) in [6.45, 7) is 5.46. The van der Waals surface area contributed by atoms with Crippen molar-refractivity contribution < 1.29 is 14.7 Å². The lowest BCUT2D eigenvalue weighted by Crippen LogP contribution is -2.42. The van der Waals surface area contributed by atoms with Gasteiger partial charge in [0.15, 0.2) is 0 Å². The number of nitrogens with one attached hydrogen (secondary N) is 1. The lowest BCUT2D eigenvalue weighted by atomic mass is 10.0. The van der Waals surface area contributed by atoms with Gasteiger partial charge in [-0.2, -0.15) is 0 Å². The molecule has 22 heavy (non-hydrogen) atoms. The van der Waals surface area contributed by atoms with Crippen LogP contribution in [0.15, 0.2) is 43.0 Å². The van der Waals surface area contributed by atoms with Gasteiger partial charge in [0.05, 0.1) is 12.0 Å². The van der Waals surface area contributed by atoms with Crippen molar-refractivity contribution in [3.63, 3.8) is 0 Å². The smallest absolute Gasteiger partial charge is 0.317 e. The molecule has 0 saturated heterocycles. The average molecular weight is 304 g/mol. The van der Waals surface area contributed by atoms with Crippen LogP contribution in [0.2, 0.25) is 0 Å². The van der Waals surface area contributed by atoms with Gasteiger partial charge in [-0.15, -0.1) is 6.58 Å². The molecule has 1 aromatic carbocycles. The Morgan fingerprint density at radius 3 is 2.55 bits per heavy atom. The first-order chi connectivity index (χ1) is 10.5. The largest absolute Gasteiger partial charge is 0.481 e. The van der Waals surface area contributed by atoms with Crippen molar-refractivity contribution >= 4 is 12.0 Å². The number of allylic oxidation sites excluding steroid dienone is 1. The first kappa shape index (κ1) is 17.8. The fourth-order valence-corrected chi connectivity index (χ4v) is 2.12. The van der Waals surface area contributed by atoms with Gasteiger partial charge in [0, 0.05) is 13.6 Å². The molecular weight excluding hydrogens is 280 g/mol. The molecular formula is C17H24N2O3. The third-order valence-corrected chi connectivity index (χ3v) is 3.48. The minimum absolute atomic E-state index is 0.116. The topological polar surface area (TPSA) is 69.6 Å². The van der Waals surface area contributed by atoms with Gasteiger partial charge in [0.1, 0.15) is 0 Å². The maximum Gasteiger partial charge on any atom is 0.317 e. The molecule has 0 aliphatic rings. The van der Waals surface area contributed by atoms with E-state index in [4.69, 9.17) is 5.11 Å². The van der Waals surface area contributed by atoms with E-state index in [9.17, 15) is 9.59 Å². The quantitative estimate of drug-likeness (QED) is 0.725. The van der Waals surface area contributed by atoms with Crippen LogP contribution in [-0.2, 0) is 4.79 Å². The zero-order valence-corrected chi connectivity index (χ0v) is 13.2. The molecule has 1 rings (SSSR count). The molecule has 0 heterocycles. The summed E-state index contributed by atoms with van der Waals surface area (Å²) in [5.74, 6) is -1.51. The third-order valence-electron chi connectivity index (χ3n) is 3.48. The Morgan fingerprint density at radius 2 is 2.00 bits per heavy atom. The van der Waals surface area contributed by atoms with Crippen LogP contribution in [-0.4, -0.2) is 35.6 Å². The van der Waals surface area contributed by atoms with E-state index in [1.807, 2.05) is 36.4 Å². The monoisotopic (exact) mass is 304 g/mol. The number of carboxylic acid groups (broad SMARTS) is 1. The summed E-state index contributed by atoms with van der Waals surface area (Å²) in [6, 6.07) is 9.33. The Bertz CT molecular complexity index is 502. The molecule has 5 nitrogen and oxygen atoms in total. The molecule has 0 aromatic heterocycles. The molecule has 0 spiro atoms. The van der Waals surface area contributed by atoms with E-state index >= 15 is 0 Å². The van der Waals surface area contributed by atoms with E-state index in [0.29, 0.717) is 0 Å². The van der Waals surface area contributed by atoms with Crippen LogP contribution in [0, 0.1) is 5.92 Å². The summed E-state index contributed by atoms with van der Waals surface area (Å²) < 4.78 is 0. The van der Waals surface area contributed by atoms with Crippen molar-refractivity contribution in [1.29, 1.82) is 0 Å². The summed E-state index contributed by atoms with van der Waals surface area (Å²) in [5, 5.41) is 11.9. The fraction of sp³-hybridized carbons (Fsp3) is 0.412. The molecule has 1 aromatic rings. The van der Waals surface area contributed by atoms with Gasteiger partial charge < -0.3 is 15.3 Å². The number of hydrogen-bond donors (Lipinski definition) is 2. The first-order valence-electron chi connectivity index (χ1n) is 7.36. The molecule has 0 aliphatic carbocycles. The summed E-state index contributed by atoms with van der Waals surface area (Å²) in [7, 11) is 1.60. The van der Waals surface area contributed by atoms with Gasteiger partial charge in [-0.1, -0.05) is 43.3 Å². The van der Waals surface area contributed by atoms with Crippen molar-refractivity contribution in [1.82, 2.24) is 10.2 Å². The zero-order valence-electron chi connectivity index (χ0n) is 13.2. The highest BCUT2D eigenvalue weighted by atomic mass is 16.4. The molecule has 5 heteroatoms. The summed E-state index contributed by atoms with van der Waals surface area (Å²) in [5.41, 5.74) is 1.03. The van der Waals surface area contributed by atoms with Crippen LogP contribution in [0.3, 0.4) is 0 Å². The number of benzene rings is 1. The number of carboxylic acids is 1. The Balaban J connectivity index is 2.70. The van der Waals surface area contributed by atoms with Crippen molar-refractivity contribution in [3.05, 3.63) is 48.6 Å². The molecule has 0 radical (unpaired) electrons. The van der Waals surface area contributed by atoms with Gasteiger partial charge >= 0.3 is 12.0 Å². The molecule has 0 saturated carbocycles. The summed E-state index contributed by atoms with van der Waals surface area (Å²) >= 11 is 0. The highest BCUT2D eigenvalue weighted by Gasteiger charge is 2.20. The van der Waals surface area contributed by atoms with Crippen LogP contribution in [0.5, 0.6) is 0 Å². The number of rotatable bonds is 8. The highest BCUT2D eigenvalue weighted by molar-refractivity contribution is 5.76. The average Bonchev–Trinajstić information content (AvgIpc) is 2.51. The predicted octanol–water partition coefficient (Wildman–Crippen LogP) is 3.06. The molecule has 120 valence electrons. The van der Waals surface area contributed by atoms with Gasteiger partial charge in [0.25, 0.3) is 0 Å². The van der Waals surface area contributed by atoms with Gasteiger partial charge in [0.2, 0.25) is 0 Å². The Morgan fingerprint density at radius 1 is 1.36 bits per heavy atom. The van der Waals surface area contributed by atoms with Crippen LogP contribution in [0.4, 0.5) is 4.79 Å². The second kappa shape index (κ2) is 8.87. The van der Waals surface area contributed by atoms with Crippen LogP contribution in [0.25, 0.3) is 0 Å². The lowest BCUT2D eigenvalue weighted by molar-refractivity contribution is -0.141. The van der Waals surface area contributed by atoms with Crippen molar-refractivity contribution in [2.24, 2.45) is 5.92 Å². The molecule has 0 aliphatic heterocycles. The molecule has 2 unspecified atom stereocenters. The number of amides is 2. The van der Waals surface area contributed by atoms with Gasteiger partial charge in [-0.05, 0) is 18.4 Å². The van der Waals surface area contributed by atoms with Crippen LogP contribution >= 0.6 is 0 Å². The second-order valence-corrected chi connectivity index (χ2v) is 5.40. The standard InChI is InChI=1S/C17H24N2O3/c1-4-5-11-15(14-9-7-6-8-10-14)18-17(22)19(3)12-13(2)16(20)21/h4,6-10,13,15H,1,5,11-12H2,2-3H3,(H,18,22)(H,20,21). The number of carbonyl (C=O) groups is 2. The number of nitrogens with zero attached hydrogens (tertiary/aromatic N) is 1. The van der Waals surface area contributed by atoms with Crippen molar-refractivity contribution in [3.8, 4) is 0 Å². The number of aliphatic carboxylic acids is 1. The number of carbonyl (C=O) groups excluding carboxylic acids is 1. The minimum atomic E-state index is -0.911. The second-order valence-electron chi connectivity index (χ2n) is 5.40. The highest BCUT2D eigenvalue weighted by Crippen LogP contribution is 2.18. The third kappa shape index (κ3) is 5.60. The minimum Gasteiger partial charge on any atom is -0.481 e. The Hall–Kier alpha value is -2.30. The van der Waals surface area contributed by atoms with Gasteiger partial charge in [-0.25, -0.2) is 4.79 Å². The lowest BCUT2D eigenvalue weighted by Gasteiger charge is -2.25. The maximum atomic E-state index is 12.2. The van der Waals surface area contributed by atoms with E-state index in [1.54, 1.807) is 14.0 Å². The number of urea groups is 1. The molecule has 2 atom stereocenters. The van der Waals surface area contributed by atoms with Gasteiger partial charge in [-0.3, -0.25) is 4.79 Å². The van der Waals surface area contributed by atoms with Crippen LogP contribution in [0.1, 0.15) is 31.4 Å². The number of hydrogen-bond acceptors (Lipinski definition) is 2. The molecule has 2 N–H and O–H groups in total. The van der Waals surface area contributed by atoms with Crippen LogP contribution < -0.4 is 5.32 Å². The van der Waals surface area contributed by atoms with E-state index in [0.717, 1.165) is 18.4 Å². The zero-order chi connectivity index (χ0) is 16.5.